The molecule has 1 aliphatic carbocycles. The first-order valence-electron chi connectivity index (χ1n) is 3.76. The normalized spacial score (nSPS) is 36.7. The van der Waals surface area contributed by atoms with Crippen LogP contribution in [0.15, 0.2) is 0 Å². The van der Waals surface area contributed by atoms with E-state index in [1.54, 1.807) is 0 Å². The van der Waals surface area contributed by atoms with Gasteiger partial charge in [0.15, 0.2) is 0 Å². The first kappa shape index (κ1) is 7.03. The molecule has 0 heterocycles. The second-order valence-corrected chi connectivity index (χ2v) is 2.90. The van der Waals surface area contributed by atoms with Crippen LogP contribution in [0, 0.1) is 0 Å². The SMILES string of the molecule is CN[C@H]1CC[C@H](N)CC1. The van der Waals surface area contributed by atoms with Crippen molar-refractivity contribution in [1.82, 2.24) is 5.32 Å². The Bertz CT molecular complexity index is 75.0. The number of hydrogen-bond acceptors (Lipinski definition) is 2. The quantitative estimate of drug-likeness (QED) is 0.539. The van der Waals surface area contributed by atoms with Crippen LogP contribution in [-0.2, 0) is 0 Å². The molecule has 2 heteroatoms. The van der Waals surface area contributed by atoms with Crippen molar-refractivity contribution in [3.05, 3.63) is 0 Å². The van der Waals surface area contributed by atoms with Gasteiger partial charge >= 0.3 is 0 Å². The summed E-state index contributed by atoms with van der Waals surface area (Å²) in [5, 5.41) is 3.27. The van der Waals surface area contributed by atoms with Gasteiger partial charge in [0.25, 0.3) is 0 Å². The lowest BCUT2D eigenvalue weighted by Gasteiger charge is -2.25. The third kappa shape index (κ3) is 1.95. The van der Waals surface area contributed by atoms with Gasteiger partial charge in [-0.1, -0.05) is 0 Å². The summed E-state index contributed by atoms with van der Waals surface area (Å²) in [6, 6.07) is 1.22. The van der Waals surface area contributed by atoms with Gasteiger partial charge in [0.05, 0.1) is 0 Å². The molecule has 0 spiro atoms. The number of hydrogen-bond donors (Lipinski definition) is 2. The summed E-state index contributed by atoms with van der Waals surface area (Å²) in [6.45, 7) is 0. The average Bonchev–Trinajstić information content (AvgIpc) is 1.90. The highest BCUT2D eigenvalue weighted by Gasteiger charge is 2.15. The molecule has 1 saturated carbocycles. The molecule has 0 unspecified atom stereocenters. The van der Waals surface area contributed by atoms with Crippen molar-refractivity contribution in [2.75, 3.05) is 7.05 Å². The van der Waals surface area contributed by atoms with Gasteiger partial charge < -0.3 is 11.1 Å². The minimum absolute atomic E-state index is 0.481. The Morgan fingerprint density at radius 1 is 1.22 bits per heavy atom. The van der Waals surface area contributed by atoms with E-state index in [0.717, 1.165) is 6.04 Å². The van der Waals surface area contributed by atoms with Gasteiger partial charge in [-0.2, -0.15) is 0 Å². The van der Waals surface area contributed by atoms with Crippen LogP contribution in [0.25, 0.3) is 0 Å². The van der Waals surface area contributed by atoms with E-state index < -0.39 is 0 Å². The van der Waals surface area contributed by atoms with E-state index in [4.69, 9.17) is 5.73 Å². The van der Waals surface area contributed by atoms with Crippen LogP contribution in [0.5, 0.6) is 0 Å². The molecule has 0 amide bonds. The van der Waals surface area contributed by atoms with E-state index in [9.17, 15) is 0 Å². The summed E-state index contributed by atoms with van der Waals surface area (Å²) < 4.78 is 0. The van der Waals surface area contributed by atoms with E-state index in [-0.39, 0.29) is 0 Å². The lowest BCUT2D eigenvalue weighted by molar-refractivity contribution is 0.358. The molecule has 54 valence electrons. The van der Waals surface area contributed by atoms with Crippen LogP contribution in [0.4, 0.5) is 0 Å². The molecule has 1 aliphatic rings. The first-order chi connectivity index (χ1) is 4.33. The molecule has 3 N–H and O–H groups in total. The van der Waals surface area contributed by atoms with Crippen molar-refractivity contribution in [3.63, 3.8) is 0 Å². The maximum Gasteiger partial charge on any atom is 0.00652 e. The minimum atomic E-state index is 0.481. The fraction of sp³-hybridized carbons (Fsp3) is 1.00. The van der Waals surface area contributed by atoms with Crippen molar-refractivity contribution in [3.8, 4) is 0 Å². The summed E-state index contributed by atoms with van der Waals surface area (Å²) in [4.78, 5) is 0. The molecule has 0 radical (unpaired) electrons. The van der Waals surface area contributed by atoms with Crippen LogP contribution in [0.1, 0.15) is 25.7 Å². The van der Waals surface area contributed by atoms with E-state index in [0.29, 0.717) is 6.04 Å². The molecule has 0 aromatic heterocycles. The monoisotopic (exact) mass is 128 g/mol. The average molecular weight is 128 g/mol. The smallest absolute Gasteiger partial charge is 0.00652 e. The van der Waals surface area contributed by atoms with Gasteiger partial charge in [-0.05, 0) is 32.7 Å². The number of nitrogens with two attached hydrogens (primary N) is 1. The summed E-state index contributed by atoms with van der Waals surface area (Å²) in [5.41, 5.74) is 5.72. The van der Waals surface area contributed by atoms with Gasteiger partial charge in [-0.25, -0.2) is 0 Å². The summed E-state index contributed by atoms with van der Waals surface area (Å²) in [5.74, 6) is 0. The molecular formula is C7H16N2. The molecule has 9 heavy (non-hydrogen) atoms. The van der Waals surface area contributed by atoms with Gasteiger partial charge in [-0.15, -0.1) is 0 Å². The number of nitrogens with one attached hydrogen (secondary N) is 1. The molecule has 2 nitrogen and oxygen atoms in total. The molecule has 1 rings (SSSR count). The lowest BCUT2D eigenvalue weighted by Crippen LogP contribution is -2.35. The van der Waals surface area contributed by atoms with Crippen LogP contribution in [-0.4, -0.2) is 19.1 Å². The Morgan fingerprint density at radius 2 is 1.78 bits per heavy atom. The largest absolute Gasteiger partial charge is 0.328 e. The number of rotatable bonds is 1. The first-order valence-corrected chi connectivity index (χ1v) is 3.76. The highest BCUT2D eigenvalue weighted by molar-refractivity contribution is 4.77. The van der Waals surface area contributed by atoms with Crippen LogP contribution in [0.2, 0.25) is 0 Å². The fourth-order valence-electron chi connectivity index (χ4n) is 1.41. The zero-order valence-corrected chi connectivity index (χ0v) is 6.06. The third-order valence-corrected chi connectivity index (χ3v) is 2.18. The topological polar surface area (TPSA) is 38.0 Å². The van der Waals surface area contributed by atoms with E-state index in [1.165, 1.54) is 25.7 Å². The van der Waals surface area contributed by atoms with E-state index >= 15 is 0 Å². The molecule has 0 aromatic carbocycles. The Balaban J connectivity index is 2.18. The zero-order chi connectivity index (χ0) is 6.69. The van der Waals surface area contributed by atoms with Crippen molar-refractivity contribution in [2.24, 2.45) is 5.73 Å². The fourth-order valence-corrected chi connectivity index (χ4v) is 1.41. The predicted octanol–water partition coefficient (Wildman–Crippen LogP) is 0.476. The predicted molar refractivity (Wildman–Crippen MR) is 39.3 cm³/mol. The summed E-state index contributed by atoms with van der Waals surface area (Å²) in [6.07, 6.45) is 4.92. The minimum Gasteiger partial charge on any atom is -0.328 e. The van der Waals surface area contributed by atoms with E-state index in [2.05, 4.69) is 5.32 Å². The maximum atomic E-state index is 5.72. The van der Waals surface area contributed by atoms with Crippen molar-refractivity contribution < 1.29 is 0 Å². The molecular weight excluding hydrogens is 112 g/mol. The van der Waals surface area contributed by atoms with Gasteiger partial charge in [-0.3, -0.25) is 0 Å². The standard InChI is InChI=1S/C7H16N2/c1-9-7-4-2-6(8)3-5-7/h6-7,9H,2-5,8H2,1H3/t6-,7-. The second-order valence-electron chi connectivity index (χ2n) is 2.90. The maximum absolute atomic E-state index is 5.72. The second kappa shape index (κ2) is 3.18. The summed E-state index contributed by atoms with van der Waals surface area (Å²) in [7, 11) is 2.03. The molecule has 0 bridgehead atoms. The van der Waals surface area contributed by atoms with Gasteiger partial charge in [0, 0.05) is 12.1 Å². The Morgan fingerprint density at radius 3 is 2.22 bits per heavy atom. The van der Waals surface area contributed by atoms with Crippen LogP contribution in [0.3, 0.4) is 0 Å². The third-order valence-electron chi connectivity index (χ3n) is 2.18. The molecule has 0 saturated heterocycles. The van der Waals surface area contributed by atoms with Crippen LogP contribution < -0.4 is 11.1 Å². The summed E-state index contributed by atoms with van der Waals surface area (Å²) >= 11 is 0. The Hall–Kier alpha value is -0.0800. The molecule has 1 fully saturated rings. The highest BCUT2D eigenvalue weighted by Crippen LogP contribution is 2.15. The Labute approximate surface area is 56.8 Å². The zero-order valence-electron chi connectivity index (χ0n) is 6.06. The van der Waals surface area contributed by atoms with Crippen molar-refractivity contribution in [2.45, 2.75) is 37.8 Å². The van der Waals surface area contributed by atoms with Crippen molar-refractivity contribution in [1.29, 1.82) is 0 Å². The van der Waals surface area contributed by atoms with Crippen LogP contribution >= 0.6 is 0 Å². The highest BCUT2D eigenvalue weighted by atomic mass is 14.9. The Kier molecular flexibility index (Phi) is 2.49. The van der Waals surface area contributed by atoms with Gasteiger partial charge in [0.2, 0.25) is 0 Å². The lowest BCUT2D eigenvalue weighted by atomic mass is 9.92. The van der Waals surface area contributed by atoms with Gasteiger partial charge in [0.1, 0.15) is 0 Å². The van der Waals surface area contributed by atoms with Crippen molar-refractivity contribution >= 4 is 0 Å². The van der Waals surface area contributed by atoms with E-state index in [1.807, 2.05) is 7.05 Å². The molecule has 0 atom stereocenters. The molecule has 0 aliphatic heterocycles. The molecule has 0 aromatic rings.